The summed E-state index contributed by atoms with van der Waals surface area (Å²) in [5.74, 6) is 1.54. The van der Waals surface area contributed by atoms with Gasteiger partial charge in [0, 0.05) is 13.0 Å². The molecular weight excluding hydrogens is 262 g/mol. The van der Waals surface area contributed by atoms with Crippen LogP contribution in [-0.4, -0.2) is 19.1 Å². The molecule has 3 nitrogen and oxygen atoms in total. The highest BCUT2D eigenvalue weighted by atomic mass is 16.5. The van der Waals surface area contributed by atoms with E-state index in [4.69, 9.17) is 4.74 Å². The number of hydrogen-bond donors (Lipinski definition) is 1. The maximum absolute atomic E-state index is 11.6. The Labute approximate surface area is 129 Å². The fourth-order valence-corrected chi connectivity index (χ4v) is 2.06. The third kappa shape index (κ3) is 7.74. The predicted molar refractivity (Wildman–Crippen MR) is 87.8 cm³/mol. The zero-order valence-electron chi connectivity index (χ0n) is 13.7. The number of hydrogen-bond acceptors (Lipinski definition) is 2. The molecule has 1 N–H and O–H groups in total. The van der Waals surface area contributed by atoms with Crippen molar-refractivity contribution in [1.82, 2.24) is 5.32 Å². The van der Waals surface area contributed by atoms with Crippen LogP contribution in [0, 0.1) is 0 Å². The van der Waals surface area contributed by atoms with Crippen molar-refractivity contribution in [2.24, 2.45) is 0 Å². The van der Waals surface area contributed by atoms with E-state index in [1.54, 1.807) is 0 Å². The van der Waals surface area contributed by atoms with Crippen LogP contribution >= 0.6 is 0 Å². The largest absolute Gasteiger partial charge is 0.494 e. The van der Waals surface area contributed by atoms with Crippen LogP contribution < -0.4 is 10.1 Å². The molecule has 1 aromatic rings. The first-order chi connectivity index (χ1) is 10.1. The summed E-state index contributed by atoms with van der Waals surface area (Å²) in [5.41, 5.74) is 1.31. The molecule has 0 spiro atoms. The second-order valence-corrected chi connectivity index (χ2v) is 5.73. The van der Waals surface area contributed by atoms with Crippen LogP contribution in [-0.2, 0) is 4.79 Å². The Hall–Kier alpha value is -1.51. The number of ether oxygens (including phenoxy) is 1. The van der Waals surface area contributed by atoms with E-state index in [0.29, 0.717) is 18.9 Å². The van der Waals surface area contributed by atoms with Crippen LogP contribution in [0.4, 0.5) is 0 Å². The molecule has 0 aliphatic heterocycles. The lowest BCUT2D eigenvalue weighted by molar-refractivity contribution is -0.121. The van der Waals surface area contributed by atoms with Crippen molar-refractivity contribution in [3.05, 3.63) is 29.8 Å². The molecule has 0 radical (unpaired) electrons. The summed E-state index contributed by atoms with van der Waals surface area (Å²) >= 11 is 0. The molecular formula is C18H29NO2. The summed E-state index contributed by atoms with van der Waals surface area (Å²) in [6.45, 7) is 7.89. The third-order valence-electron chi connectivity index (χ3n) is 3.47. The van der Waals surface area contributed by atoms with Crippen molar-refractivity contribution in [3.63, 3.8) is 0 Å². The second kappa shape index (κ2) is 10.3. The summed E-state index contributed by atoms with van der Waals surface area (Å²) in [5, 5.41) is 2.94. The van der Waals surface area contributed by atoms with E-state index in [2.05, 4.69) is 38.2 Å². The number of amides is 1. The van der Waals surface area contributed by atoms with E-state index in [1.165, 1.54) is 18.4 Å². The Bertz CT molecular complexity index is 398. The average molecular weight is 291 g/mol. The molecule has 0 fully saturated rings. The van der Waals surface area contributed by atoms with Crippen molar-refractivity contribution < 1.29 is 9.53 Å². The molecule has 118 valence electrons. The van der Waals surface area contributed by atoms with Gasteiger partial charge in [-0.2, -0.15) is 0 Å². The SMILES string of the molecule is CCCCCNC(=O)CCCOc1ccc(C(C)C)cc1. The topological polar surface area (TPSA) is 38.3 Å². The summed E-state index contributed by atoms with van der Waals surface area (Å²) in [4.78, 5) is 11.6. The first-order valence-electron chi connectivity index (χ1n) is 8.13. The van der Waals surface area contributed by atoms with E-state index in [1.807, 2.05) is 12.1 Å². The number of carbonyl (C=O) groups excluding carboxylic acids is 1. The normalized spacial score (nSPS) is 10.7. The molecule has 0 aliphatic rings. The van der Waals surface area contributed by atoms with Gasteiger partial charge in [-0.15, -0.1) is 0 Å². The first kappa shape index (κ1) is 17.5. The minimum atomic E-state index is 0.129. The summed E-state index contributed by atoms with van der Waals surface area (Å²) in [6.07, 6.45) is 4.72. The lowest BCUT2D eigenvalue weighted by Crippen LogP contribution is -2.24. The monoisotopic (exact) mass is 291 g/mol. The van der Waals surface area contributed by atoms with Gasteiger partial charge in [0.25, 0.3) is 0 Å². The first-order valence-corrected chi connectivity index (χ1v) is 8.13. The molecule has 21 heavy (non-hydrogen) atoms. The molecule has 1 amide bonds. The summed E-state index contributed by atoms with van der Waals surface area (Å²) < 4.78 is 5.65. The molecule has 0 saturated carbocycles. The fourth-order valence-electron chi connectivity index (χ4n) is 2.06. The zero-order chi connectivity index (χ0) is 15.5. The van der Waals surface area contributed by atoms with Gasteiger partial charge in [0.1, 0.15) is 5.75 Å². The van der Waals surface area contributed by atoms with Crippen LogP contribution in [0.15, 0.2) is 24.3 Å². The van der Waals surface area contributed by atoms with Gasteiger partial charge in [0.15, 0.2) is 0 Å². The van der Waals surface area contributed by atoms with Gasteiger partial charge in [-0.3, -0.25) is 4.79 Å². The highest BCUT2D eigenvalue weighted by molar-refractivity contribution is 5.75. The summed E-state index contributed by atoms with van der Waals surface area (Å²) in [6, 6.07) is 8.20. The summed E-state index contributed by atoms with van der Waals surface area (Å²) in [7, 11) is 0. The van der Waals surface area contributed by atoms with Gasteiger partial charge in [-0.05, 0) is 36.5 Å². The van der Waals surface area contributed by atoms with E-state index in [-0.39, 0.29) is 5.91 Å². The van der Waals surface area contributed by atoms with Crippen molar-refractivity contribution in [3.8, 4) is 5.75 Å². The van der Waals surface area contributed by atoms with E-state index in [9.17, 15) is 4.79 Å². The Morgan fingerprint density at radius 2 is 1.86 bits per heavy atom. The number of unbranched alkanes of at least 4 members (excludes halogenated alkanes) is 2. The zero-order valence-corrected chi connectivity index (χ0v) is 13.7. The highest BCUT2D eigenvalue weighted by Gasteiger charge is 2.02. The standard InChI is InChI=1S/C18H29NO2/c1-4-5-6-13-19-18(20)8-7-14-21-17-11-9-16(10-12-17)15(2)3/h9-12,15H,4-8,13-14H2,1-3H3,(H,19,20). The van der Waals surface area contributed by atoms with Gasteiger partial charge in [-0.1, -0.05) is 45.7 Å². The third-order valence-corrected chi connectivity index (χ3v) is 3.47. The quantitative estimate of drug-likeness (QED) is 0.654. The Balaban J connectivity index is 2.12. The molecule has 1 rings (SSSR count). The molecule has 3 heteroatoms. The van der Waals surface area contributed by atoms with Crippen molar-refractivity contribution >= 4 is 5.91 Å². The van der Waals surface area contributed by atoms with Crippen LogP contribution in [0.1, 0.15) is 64.4 Å². The van der Waals surface area contributed by atoms with E-state index in [0.717, 1.165) is 25.1 Å². The molecule has 0 unspecified atom stereocenters. The van der Waals surface area contributed by atoms with Crippen LogP contribution in [0.2, 0.25) is 0 Å². The van der Waals surface area contributed by atoms with Crippen molar-refractivity contribution in [2.45, 2.75) is 58.8 Å². The van der Waals surface area contributed by atoms with Gasteiger partial charge in [0.2, 0.25) is 5.91 Å². The van der Waals surface area contributed by atoms with Crippen molar-refractivity contribution in [2.75, 3.05) is 13.2 Å². The number of rotatable bonds is 10. The molecule has 0 atom stereocenters. The number of nitrogens with one attached hydrogen (secondary N) is 1. The highest BCUT2D eigenvalue weighted by Crippen LogP contribution is 2.18. The smallest absolute Gasteiger partial charge is 0.220 e. The molecule has 0 saturated heterocycles. The fraction of sp³-hybridized carbons (Fsp3) is 0.611. The average Bonchev–Trinajstić information content (AvgIpc) is 2.48. The molecule has 1 aromatic carbocycles. The lowest BCUT2D eigenvalue weighted by Gasteiger charge is -2.09. The molecule has 0 heterocycles. The Morgan fingerprint density at radius 1 is 1.14 bits per heavy atom. The molecule has 0 aromatic heterocycles. The molecule has 0 bridgehead atoms. The second-order valence-electron chi connectivity index (χ2n) is 5.73. The van der Waals surface area contributed by atoms with E-state index < -0.39 is 0 Å². The van der Waals surface area contributed by atoms with Crippen molar-refractivity contribution in [1.29, 1.82) is 0 Å². The molecule has 0 aliphatic carbocycles. The minimum Gasteiger partial charge on any atom is -0.494 e. The lowest BCUT2D eigenvalue weighted by atomic mass is 10.0. The predicted octanol–water partition coefficient (Wildman–Crippen LogP) is 4.28. The van der Waals surface area contributed by atoms with Crippen LogP contribution in [0.3, 0.4) is 0 Å². The number of benzene rings is 1. The minimum absolute atomic E-state index is 0.129. The van der Waals surface area contributed by atoms with Gasteiger partial charge in [0.05, 0.1) is 6.61 Å². The number of carbonyl (C=O) groups is 1. The van der Waals surface area contributed by atoms with Gasteiger partial charge in [-0.25, -0.2) is 0 Å². The Kier molecular flexibility index (Phi) is 8.56. The maximum Gasteiger partial charge on any atom is 0.220 e. The van der Waals surface area contributed by atoms with Gasteiger partial charge >= 0.3 is 0 Å². The Morgan fingerprint density at radius 3 is 2.48 bits per heavy atom. The van der Waals surface area contributed by atoms with E-state index >= 15 is 0 Å². The van der Waals surface area contributed by atoms with Crippen LogP contribution in [0.5, 0.6) is 5.75 Å². The maximum atomic E-state index is 11.6. The van der Waals surface area contributed by atoms with Gasteiger partial charge < -0.3 is 10.1 Å². The van der Waals surface area contributed by atoms with Crippen LogP contribution in [0.25, 0.3) is 0 Å².